The van der Waals surface area contributed by atoms with Crippen LogP contribution in [0.2, 0.25) is 5.02 Å². The number of carbonyl (C=O) groups is 1. The number of benzene rings is 1. The smallest absolute Gasteiger partial charge is 0.319 e. The van der Waals surface area contributed by atoms with E-state index in [0.29, 0.717) is 17.1 Å². The van der Waals surface area contributed by atoms with Crippen molar-refractivity contribution in [2.75, 3.05) is 16.8 Å². The van der Waals surface area contributed by atoms with Gasteiger partial charge in [-0.1, -0.05) is 11.6 Å². The molecule has 0 aliphatic carbocycles. The van der Waals surface area contributed by atoms with E-state index >= 15 is 0 Å². The van der Waals surface area contributed by atoms with Crippen molar-refractivity contribution >= 4 is 33.2 Å². The number of nitrogens with one attached hydrogen (secondary N) is 2. The number of hydrogen-bond donors (Lipinski definition) is 2. The first kappa shape index (κ1) is 14.1. The molecule has 0 aromatic heterocycles. The molecular formula is C12H15ClN2O3S. The minimum Gasteiger partial charge on any atom is -0.334 e. The number of hydrogen-bond acceptors (Lipinski definition) is 3. The van der Waals surface area contributed by atoms with Gasteiger partial charge in [-0.3, -0.25) is 0 Å². The Bertz CT molecular complexity index is 601. The fraction of sp³-hybridized carbons (Fsp3) is 0.417. The van der Waals surface area contributed by atoms with E-state index in [0.717, 1.165) is 5.56 Å². The Morgan fingerprint density at radius 2 is 2.16 bits per heavy atom. The third-order valence-corrected chi connectivity index (χ3v) is 5.01. The lowest BCUT2D eigenvalue weighted by atomic mass is 10.2. The molecule has 19 heavy (non-hydrogen) atoms. The maximum absolute atomic E-state index is 11.8. The molecule has 1 aliphatic rings. The van der Waals surface area contributed by atoms with Crippen LogP contribution in [0, 0.1) is 6.92 Å². The highest BCUT2D eigenvalue weighted by Gasteiger charge is 2.28. The summed E-state index contributed by atoms with van der Waals surface area (Å²) in [5.41, 5.74) is 1.50. The van der Waals surface area contributed by atoms with Gasteiger partial charge < -0.3 is 10.6 Å². The molecule has 0 saturated carbocycles. The zero-order chi connectivity index (χ0) is 14.0. The van der Waals surface area contributed by atoms with Crippen LogP contribution in [-0.4, -0.2) is 32.0 Å². The predicted octanol–water partition coefficient (Wildman–Crippen LogP) is 1.96. The summed E-state index contributed by atoms with van der Waals surface area (Å²) in [6.45, 7) is 1.83. The molecule has 0 bridgehead atoms. The first-order chi connectivity index (χ1) is 8.85. The molecule has 0 spiro atoms. The molecule has 1 aromatic rings. The van der Waals surface area contributed by atoms with Crippen molar-refractivity contribution in [1.82, 2.24) is 5.32 Å². The van der Waals surface area contributed by atoms with Crippen molar-refractivity contribution in [2.24, 2.45) is 0 Å². The largest absolute Gasteiger partial charge is 0.334 e. The van der Waals surface area contributed by atoms with E-state index in [1.165, 1.54) is 0 Å². The third-order valence-electron chi connectivity index (χ3n) is 3.00. The van der Waals surface area contributed by atoms with Crippen LogP contribution in [0.15, 0.2) is 18.2 Å². The van der Waals surface area contributed by atoms with Crippen molar-refractivity contribution in [3.05, 3.63) is 28.8 Å². The van der Waals surface area contributed by atoms with Crippen molar-refractivity contribution in [3.8, 4) is 0 Å². The molecule has 1 aliphatic heterocycles. The van der Waals surface area contributed by atoms with Gasteiger partial charge >= 0.3 is 6.03 Å². The Morgan fingerprint density at radius 1 is 1.42 bits per heavy atom. The number of sulfone groups is 1. The number of aryl methyl sites for hydroxylation is 1. The molecule has 1 heterocycles. The molecule has 1 aromatic carbocycles. The van der Waals surface area contributed by atoms with Gasteiger partial charge in [0.05, 0.1) is 11.5 Å². The van der Waals surface area contributed by atoms with Crippen LogP contribution in [0.5, 0.6) is 0 Å². The fourth-order valence-electron chi connectivity index (χ4n) is 2.02. The molecule has 104 valence electrons. The molecule has 7 heteroatoms. The van der Waals surface area contributed by atoms with Gasteiger partial charge in [0, 0.05) is 16.8 Å². The maximum Gasteiger partial charge on any atom is 0.319 e. The van der Waals surface area contributed by atoms with Gasteiger partial charge in [-0.15, -0.1) is 0 Å². The van der Waals surface area contributed by atoms with Gasteiger partial charge in [0.1, 0.15) is 0 Å². The Labute approximate surface area is 117 Å². The summed E-state index contributed by atoms with van der Waals surface area (Å²) in [6, 6.07) is 4.44. The molecule has 5 nitrogen and oxygen atoms in total. The molecule has 2 amide bonds. The molecule has 2 rings (SSSR count). The number of urea groups is 1. The Kier molecular flexibility index (Phi) is 4.01. The topological polar surface area (TPSA) is 75.3 Å². The van der Waals surface area contributed by atoms with Crippen LogP contribution < -0.4 is 10.6 Å². The quantitative estimate of drug-likeness (QED) is 0.877. The molecule has 1 atom stereocenters. The van der Waals surface area contributed by atoms with Crippen molar-refractivity contribution in [3.63, 3.8) is 0 Å². The standard InChI is InChI=1S/C12H15ClN2O3S/c1-8-6-9(13)2-3-11(8)15-12(16)14-10-4-5-19(17,18)7-10/h2-3,6,10H,4-5,7H2,1H3,(H2,14,15,16). The van der Waals surface area contributed by atoms with Gasteiger partial charge in [0.15, 0.2) is 9.84 Å². The fourth-order valence-corrected chi connectivity index (χ4v) is 3.92. The SMILES string of the molecule is Cc1cc(Cl)ccc1NC(=O)NC1CCS(=O)(=O)C1. The summed E-state index contributed by atoms with van der Waals surface area (Å²) in [7, 11) is -2.99. The second-order valence-corrected chi connectivity index (χ2v) is 7.32. The van der Waals surface area contributed by atoms with Crippen LogP contribution in [-0.2, 0) is 9.84 Å². The molecule has 1 fully saturated rings. The minimum atomic E-state index is -2.99. The number of halogens is 1. The molecule has 1 saturated heterocycles. The zero-order valence-electron chi connectivity index (χ0n) is 10.4. The Hall–Kier alpha value is -1.27. The monoisotopic (exact) mass is 302 g/mol. The van der Waals surface area contributed by atoms with Crippen LogP contribution in [0.1, 0.15) is 12.0 Å². The lowest BCUT2D eigenvalue weighted by Crippen LogP contribution is -2.38. The second-order valence-electron chi connectivity index (χ2n) is 4.66. The molecule has 1 unspecified atom stereocenters. The lowest BCUT2D eigenvalue weighted by molar-refractivity contribution is 0.249. The normalized spacial score (nSPS) is 21.1. The van der Waals surface area contributed by atoms with Crippen LogP contribution in [0.4, 0.5) is 10.5 Å². The molecular weight excluding hydrogens is 288 g/mol. The van der Waals surface area contributed by atoms with Crippen molar-refractivity contribution in [2.45, 2.75) is 19.4 Å². The summed E-state index contributed by atoms with van der Waals surface area (Å²) < 4.78 is 22.6. The number of amides is 2. The molecule has 0 radical (unpaired) electrons. The summed E-state index contributed by atoms with van der Waals surface area (Å²) in [5.74, 6) is 0.151. The van der Waals surface area contributed by atoms with Crippen LogP contribution in [0.25, 0.3) is 0 Å². The minimum absolute atomic E-state index is 0.0139. The third kappa shape index (κ3) is 3.84. The zero-order valence-corrected chi connectivity index (χ0v) is 12.0. The Morgan fingerprint density at radius 3 is 2.74 bits per heavy atom. The van der Waals surface area contributed by atoms with E-state index in [9.17, 15) is 13.2 Å². The number of carbonyl (C=O) groups excluding carboxylic acids is 1. The summed E-state index contributed by atoms with van der Waals surface area (Å²) >= 11 is 5.83. The summed E-state index contributed by atoms with van der Waals surface area (Å²) in [5, 5.41) is 5.95. The average Bonchev–Trinajstić information content (AvgIpc) is 2.62. The van der Waals surface area contributed by atoms with Gasteiger partial charge in [0.2, 0.25) is 0 Å². The Balaban J connectivity index is 1.95. The molecule has 2 N–H and O–H groups in total. The first-order valence-corrected chi connectivity index (χ1v) is 8.10. The van der Waals surface area contributed by atoms with Crippen molar-refractivity contribution < 1.29 is 13.2 Å². The van der Waals surface area contributed by atoms with Gasteiger partial charge in [0.25, 0.3) is 0 Å². The van der Waals surface area contributed by atoms with Crippen molar-refractivity contribution in [1.29, 1.82) is 0 Å². The number of rotatable bonds is 2. The van der Waals surface area contributed by atoms with Crippen LogP contribution in [0.3, 0.4) is 0 Å². The van der Waals surface area contributed by atoms with E-state index in [1.807, 2.05) is 6.92 Å². The van der Waals surface area contributed by atoms with E-state index in [1.54, 1.807) is 18.2 Å². The van der Waals surface area contributed by atoms with Crippen LogP contribution >= 0.6 is 11.6 Å². The second kappa shape index (κ2) is 5.38. The summed E-state index contributed by atoms with van der Waals surface area (Å²) in [6.07, 6.45) is 0.468. The van der Waals surface area contributed by atoms with E-state index in [4.69, 9.17) is 11.6 Å². The summed E-state index contributed by atoms with van der Waals surface area (Å²) in [4.78, 5) is 11.8. The average molecular weight is 303 g/mol. The van der Waals surface area contributed by atoms with E-state index in [-0.39, 0.29) is 17.5 Å². The predicted molar refractivity (Wildman–Crippen MR) is 75.4 cm³/mol. The van der Waals surface area contributed by atoms with E-state index in [2.05, 4.69) is 10.6 Å². The highest BCUT2D eigenvalue weighted by Crippen LogP contribution is 2.19. The van der Waals surface area contributed by atoms with Gasteiger partial charge in [-0.05, 0) is 37.1 Å². The highest BCUT2D eigenvalue weighted by atomic mass is 35.5. The van der Waals surface area contributed by atoms with Gasteiger partial charge in [-0.25, -0.2) is 13.2 Å². The number of anilines is 1. The van der Waals surface area contributed by atoms with E-state index < -0.39 is 15.9 Å². The maximum atomic E-state index is 11.8. The highest BCUT2D eigenvalue weighted by molar-refractivity contribution is 7.91. The lowest BCUT2D eigenvalue weighted by Gasteiger charge is -2.13. The van der Waals surface area contributed by atoms with Gasteiger partial charge in [-0.2, -0.15) is 0 Å². The first-order valence-electron chi connectivity index (χ1n) is 5.90.